The predicted molar refractivity (Wildman–Crippen MR) is 111 cm³/mol. The van der Waals surface area contributed by atoms with Crippen LogP contribution in [0.15, 0.2) is 57.5 Å². The Morgan fingerprint density at radius 2 is 2.10 bits per heavy atom. The first-order valence-corrected chi connectivity index (χ1v) is 10.1. The molecule has 29 heavy (non-hydrogen) atoms. The van der Waals surface area contributed by atoms with Crippen LogP contribution in [0.4, 0.5) is 10.5 Å². The van der Waals surface area contributed by atoms with Gasteiger partial charge in [-0.05, 0) is 55.3 Å². The summed E-state index contributed by atoms with van der Waals surface area (Å²) in [6.45, 7) is 1.17. The number of carbonyl (C=O) groups excluding carboxylic acids is 1. The standard InChI is InChI=1S/C21H18BrN5O2/c22-17-8-6-15(7-9-17)19-25-20(29-26-19)16-4-2-10-27(13-16)21(28)24-18-5-1-3-14(11-18)12-23/h1,3,5-9,11,16H,2,4,10,13H2,(H,24,28). The van der Waals surface area contributed by atoms with Crippen LogP contribution < -0.4 is 5.32 Å². The number of halogens is 1. The molecule has 0 bridgehead atoms. The van der Waals surface area contributed by atoms with Crippen molar-refractivity contribution in [3.63, 3.8) is 0 Å². The van der Waals surface area contributed by atoms with Crippen LogP contribution >= 0.6 is 15.9 Å². The molecule has 0 aliphatic carbocycles. The Balaban J connectivity index is 1.43. The number of nitrogens with one attached hydrogen (secondary N) is 1. The smallest absolute Gasteiger partial charge is 0.321 e. The van der Waals surface area contributed by atoms with Gasteiger partial charge in [0.05, 0.1) is 17.6 Å². The average Bonchev–Trinajstić information content (AvgIpc) is 3.25. The molecule has 1 aromatic heterocycles. The minimum absolute atomic E-state index is 0.00311. The fourth-order valence-electron chi connectivity index (χ4n) is 3.35. The minimum Gasteiger partial charge on any atom is -0.339 e. The van der Waals surface area contributed by atoms with Gasteiger partial charge in [0.25, 0.3) is 0 Å². The summed E-state index contributed by atoms with van der Waals surface area (Å²) < 4.78 is 6.48. The minimum atomic E-state index is -0.197. The van der Waals surface area contributed by atoms with Gasteiger partial charge in [0.15, 0.2) is 0 Å². The quantitative estimate of drug-likeness (QED) is 0.617. The van der Waals surface area contributed by atoms with Crippen LogP contribution in [-0.4, -0.2) is 34.2 Å². The number of rotatable bonds is 3. The zero-order valence-electron chi connectivity index (χ0n) is 15.5. The van der Waals surface area contributed by atoms with Crippen LogP contribution in [0.3, 0.4) is 0 Å². The number of nitrogens with zero attached hydrogens (tertiary/aromatic N) is 4. The summed E-state index contributed by atoms with van der Waals surface area (Å²) in [5.74, 6) is 1.09. The summed E-state index contributed by atoms with van der Waals surface area (Å²) in [7, 11) is 0. The average molecular weight is 452 g/mol. The highest BCUT2D eigenvalue weighted by molar-refractivity contribution is 9.10. The Morgan fingerprint density at radius 1 is 1.28 bits per heavy atom. The summed E-state index contributed by atoms with van der Waals surface area (Å²) in [5.41, 5.74) is 1.99. The SMILES string of the molecule is N#Cc1cccc(NC(=O)N2CCCC(c3nc(-c4ccc(Br)cc4)no3)C2)c1. The molecular formula is C21H18BrN5O2. The van der Waals surface area contributed by atoms with Crippen molar-refractivity contribution in [1.29, 1.82) is 5.26 Å². The van der Waals surface area contributed by atoms with E-state index in [0.717, 1.165) is 22.9 Å². The van der Waals surface area contributed by atoms with Crippen molar-refractivity contribution in [1.82, 2.24) is 15.0 Å². The normalized spacial score (nSPS) is 16.3. The van der Waals surface area contributed by atoms with E-state index in [4.69, 9.17) is 9.78 Å². The van der Waals surface area contributed by atoms with E-state index in [1.807, 2.05) is 24.3 Å². The third-order valence-electron chi connectivity index (χ3n) is 4.84. The molecule has 2 amide bonds. The maximum atomic E-state index is 12.7. The molecule has 3 aromatic rings. The van der Waals surface area contributed by atoms with Gasteiger partial charge in [-0.25, -0.2) is 4.79 Å². The summed E-state index contributed by atoms with van der Waals surface area (Å²) in [4.78, 5) is 19.0. The lowest BCUT2D eigenvalue weighted by Crippen LogP contribution is -2.41. The number of aromatic nitrogens is 2. The number of piperidine rings is 1. The Morgan fingerprint density at radius 3 is 2.90 bits per heavy atom. The lowest BCUT2D eigenvalue weighted by Gasteiger charge is -2.31. The Kier molecular flexibility index (Phi) is 5.58. The van der Waals surface area contributed by atoms with E-state index >= 15 is 0 Å². The summed E-state index contributed by atoms with van der Waals surface area (Å²) in [5, 5.41) is 16.0. The summed E-state index contributed by atoms with van der Waals surface area (Å²) >= 11 is 3.41. The molecule has 1 saturated heterocycles. The van der Waals surface area contributed by atoms with Crippen molar-refractivity contribution in [2.45, 2.75) is 18.8 Å². The van der Waals surface area contributed by atoms with Gasteiger partial charge in [0, 0.05) is 28.8 Å². The van der Waals surface area contributed by atoms with Gasteiger partial charge in [-0.3, -0.25) is 0 Å². The summed E-state index contributed by atoms with van der Waals surface area (Å²) in [6, 6.07) is 16.5. The molecule has 1 atom stereocenters. The highest BCUT2D eigenvalue weighted by atomic mass is 79.9. The number of likely N-dealkylation sites (tertiary alicyclic amines) is 1. The number of hydrogen-bond donors (Lipinski definition) is 1. The van der Waals surface area contributed by atoms with Gasteiger partial charge in [-0.2, -0.15) is 10.2 Å². The van der Waals surface area contributed by atoms with E-state index in [2.05, 4.69) is 37.5 Å². The van der Waals surface area contributed by atoms with Gasteiger partial charge in [0.2, 0.25) is 11.7 Å². The topological polar surface area (TPSA) is 95.1 Å². The fourth-order valence-corrected chi connectivity index (χ4v) is 3.61. The highest BCUT2D eigenvalue weighted by Gasteiger charge is 2.28. The number of carbonyl (C=O) groups is 1. The van der Waals surface area contributed by atoms with E-state index in [1.54, 1.807) is 29.2 Å². The summed E-state index contributed by atoms with van der Waals surface area (Å²) in [6.07, 6.45) is 1.74. The molecule has 4 rings (SSSR count). The van der Waals surface area contributed by atoms with E-state index in [9.17, 15) is 4.79 Å². The van der Waals surface area contributed by atoms with Gasteiger partial charge in [0.1, 0.15) is 0 Å². The Hall–Kier alpha value is -3.18. The number of benzene rings is 2. The van der Waals surface area contributed by atoms with Crippen LogP contribution in [0, 0.1) is 11.3 Å². The van der Waals surface area contributed by atoms with Crippen molar-refractivity contribution in [2.24, 2.45) is 0 Å². The van der Waals surface area contributed by atoms with Crippen LogP contribution in [0.25, 0.3) is 11.4 Å². The molecule has 7 nitrogen and oxygen atoms in total. The van der Waals surface area contributed by atoms with Crippen molar-refractivity contribution in [3.05, 3.63) is 64.5 Å². The Labute approximate surface area is 176 Å². The monoisotopic (exact) mass is 451 g/mol. The fraction of sp³-hybridized carbons (Fsp3) is 0.238. The van der Waals surface area contributed by atoms with E-state index in [1.165, 1.54) is 0 Å². The lowest BCUT2D eigenvalue weighted by molar-refractivity contribution is 0.184. The van der Waals surface area contributed by atoms with Crippen LogP contribution in [0.5, 0.6) is 0 Å². The van der Waals surface area contributed by atoms with Crippen molar-refractivity contribution >= 4 is 27.6 Å². The van der Waals surface area contributed by atoms with E-state index in [0.29, 0.717) is 36.1 Å². The van der Waals surface area contributed by atoms with Crippen molar-refractivity contribution < 1.29 is 9.32 Å². The predicted octanol–water partition coefficient (Wildman–Crippen LogP) is 4.78. The van der Waals surface area contributed by atoms with Crippen molar-refractivity contribution in [3.8, 4) is 17.5 Å². The maximum Gasteiger partial charge on any atom is 0.321 e. The first kappa shape index (κ1) is 19.2. The second-order valence-electron chi connectivity index (χ2n) is 6.87. The zero-order valence-corrected chi connectivity index (χ0v) is 17.1. The molecule has 1 N–H and O–H groups in total. The molecule has 1 fully saturated rings. The van der Waals surface area contributed by atoms with Crippen molar-refractivity contribution in [2.75, 3.05) is 18.4 Å². The van der Waals surface area contributed by atoms with Gasteiger partial charge >= 0.3 is 6.03 Å². The number of nitriles is 1. The maximum absolute atomic E-state index is 12.7. The molecule has 8 heteroatoms. The van der Waals surface area contributed by atoms with Crippen LogP contribution in [0.1, 0.15) is 30.2 Å². The van der Waals surface area contributed by atoms with E-state index in [-0.39, 0.29) is 11.9 Å². The molecule has 146 valence electrons. The third kappa shape index (κ3) is 4.46. The van der Waals surface area contributed by atoms with Crippen LogP contribution in [0.2, 0.25) is 0 Å². The molecule has 0 saturated carbocycles. The number of amides is 2. The zero-order chi connectivity index (χ0) is 20.2. The molecule has 1 aliphatic rings. The van der Waals surface area contributed by atoms with Gasteiger partial charge in [-0.1, -0.05) is 27.2 Å². The van der Waals surface area contributed by atoms with Gasteiger partial charge < -0.3 is 14.7 Å². The molecule has 2 heterocycles. The van der Waals surface area contributed by atoms with Gasteiger partial charge in [-0.15, -0.1) is 0 Å². The number of urea groups is 1. The molecular weight excluding hydrogens is 434 g/mol. The second kappa shape index (κ2) is 8.45. The van der Waals surface area contributed by atoms with Crippen LogP contribution in [-0.2, 0) is 0 Å². The lowest BCUT2D eigenvalue weighted by atomic mass is 9.98. The third-order valence-corrected chi connectivity index (χ3v) is 5.37. The highest BCUT2D eigenvalue weighted by Crippen LogP contribution is 2.28. The largest absolute Gasteiger partial charge is 0.339 e. The molecule has 0 radical (unpaired) electrons. The molecule has 2 aromatic carbocycles. The molecule has 1 aliphatic heterocycles. The van der Waals surface area contributed by atoms with E-state index < -0.39 is 0 Å². The Bertz CT molecular complexity index is 1060. The number of hydrogen-bond acceptors (Lipinski definition) is 5. The molecule has 1 unspecified atom stereocenters. The molecule has 0 spiro atoms. The first-order chi connectivity index (χ1) is 14.1. The first-order valence-electron chi connectivity index (χ1n) is 9.28. The second-order valence-corrected chi connectivity index (χ2v) is 7.79. The number of anilines is 1.